The number of rotatable bonds is 3. The maximum Gasteiger partial charge on any atom is 0.165 e. The zero-order valence-electron chi connectivity index (χ0n) is 14.2. The third-order valence-corrected chi connectivity index (χ3v) is 4.69. The zero-order valence-corrected chi connectivity index (χ0v) is 15.0. The van der Waals surface area contributed by atoms with Gasteiger partial charge in [0.1, 0.15) is 6.61 Å². The van der Waals surface area contributed by atoms with E-state index >= 15 is 0 Å². The first-order valence-corrected chi connectivity index (χ1v) is 8.94. The highest BCUT2D eigenvalue weighted by Gasteiger charge is 2.20. The third kappa shape index (κ3) is 3.66. The second-order valence-electron chi connectivity index (χ2n) is 6.39. The topological polar surface area (TPSA) is 45.6 Å². The van der Waals surface area contributed by atoms with Crippen LogP contribution in [-0.4, -0.2) is 28.1 Å². The van der Waals surface area contributed by atoms with E-state index in [0.29, 0.717) is 18.9 Å². The molecule has 132 valence electrons. The molecule has 3 aromatic rings. The fourth-order valence-corrected chi connectivity index (χ4v) is 3.48. The van der Waals surface area contributed by atoms with Crippen LogP contribution < -0.4 is 4.74 Å². The van der Waals surface area contributed by atoms with Gasteiger partial charge in [-0.25, -0.2) is 0 Å². The molecule has 0 spiro atoms. The zero-order chi connectivity index (χ0) is 17.9. The predicted octanol–water partition coefficient (Wildman–Crippen LogP) is 4.50. The molecular formula is C21H19ClN2O2. The summed E-state index contributed by atoms with van der Waals surface area (Å²) in [6.45, 7) is 2.78. The first-order chi connectivity index (χ1) is 12.7. The Labute approximate surface area is 157 Å². The van der Waals surface area contributed by atoms with Crippen molar-refractivity contribution < 1.29 is 9.84 Å². The lowest BCUT2D eigenvalue weighted by Crippen LogP contribution is -2.25. The Hall–Kier alpha value is -2.56. The summed E-state index contributed by atoms with van der Waals surface area (Å²) in [6, 6.07) is 17.4. The van der Waals surface area contributed by atoms with Gasteiger partial charge in [0.2, 0.25) is 0 Å². The molecule has 26 heavy (non-hydrogen) atoms. The Morgan fingerprint density at radius 2 is 2.04 bits per heavy atom. The summed E-state index contributed by atoms with van der Waals surface area (Å²) in [5.41, 5.74) is 3.84. The molecule has 1 aliphatic rings. The highest BCUT2D eigenvalue weighted by Crippen LogP contribution is 2.37. The molecule has 2 heterocycles. The maximum absolute atomic E-state index is 10.4. The van der Waals surface area contributed by atoms with Crippen LogP contribution in [-0.2, 0) is 13.1 Å². The van der Waals surface area contributed by atoms with Gasteiger partial charge in [-0.3, -0.25) is 9.88 Å². The Bertz CT molecular complexity index is 915. The summed E-state index contributed by atoms with van der Waals surface area (Å²) < 4.78 is 5.82. The molecule has 0 bridgehead atoms. The Morgan fingerprint density at radius 1 is 1.12 bits per heavy atom. The first kappa shape index (κ1) is 16.9. The number of pyridine rings is 1. The van der Waals surface area contributed by atoms with Crippen molar-refractivity contribution in [3.05, 3.63) is 76.9 Å². The fraction of sp³-hybridized carbons (Fsp3) is 0.190. The molecule has 0 amide bonds. The molecule has 0 unspecified atom stereocenters. The number of benzene rings is 2. The van der Waals surface area contributed by atoms with Crippen LogP contribution in [0.15, 0.2) is 60.8 Å². The minimum atomic E-state index is 0.160. The number of aromatic hydroxyl groups is 1. The van der Waals surface area contributed by atoms with Gasteiger partial charge >= 0.3 is 0 Å². The number of phenolic OH excluding ortho intramolecular Hbond substituents is 1. The lowest BCUT2D eigenvalue weighted by Gasteiger charge is -2.19. The standard InChI is InChI=1S/C21H19ClN2O2/c22-18-5-3-4-15(10-18)13-24-8-9-26-21-17(14-24)11-16(12-20(21)25)19-6-1-2-7-23-19/h1-7,10-12,25H,8-9,13-14H2. The van der Waals surface area contributed by atoms with Gasteiger partial charge < -0.3 is 9.84 Å². The van der Waals surface area contributed by atoms with E-state index in [1.807, 2.05) is 42.5 Å². The number of aromatic nitrogens is 1. The van der Waals surface area contributed by atoms with Crippen LogP contribution in [0.3, 0.4) is 0 Å². The monoisotopic (exact) mass is 366 g/mol. The average molecular weight is 367 g/mol. The lowest BCUT2D eigenvalue weighted by atomic mass is 10.0. The van der Waals surface area contributed by atoms with Gasteiger partial charge in [-0.2, -0.15) is 0 Å². The molecule has 4 rings (SSSR count). The summed E-state index contributed by atoms with van der Waals surface area (Å²) >= 11 is 6.10. The van der Waals surface area contributed by atoms with E-state index in [0.717, 1.165) is 40.5 Å². The Balaban J connectivity index is 1.63. The molecule has 5 heteroatoms. The fourth-order valence-electron chi connectivity index (χ4n) is 3.26. The van der Waals surface area contributed by atoms with E-state index in [1.54, 1.807) is 12.3 Å². The molecule has 0 fully saturated rings. The number of hydrogen-bond acceptors (Lipinski definition) is 4. The van der Waals surface area contributed by atoms with Crippen LogP contribution >= 0.6 is 11.6 Å². The Kier molecular flexibility index (Phi) is 4.78. The van der Waals surface area contributed by atoms with Crippen molar-refractivity contribution in [1.82, 2.24) is 9.88 Å². The van der Waals surface area contributed by atoms with Crippen LogP contribution in [0.4, 0.5) is 0 Å². The Morgan fingerprint density at radius 3 is 2.85 bits per heavy atom. The average Bonchev–Trinajstić information content (AvgIpc) is 2.84. The van der Waals surface area contributed by atoms with Crippen molar-refractivity contribution >= 4 is 11.6 Å². The molecule has 1 aliphatic heterocycles. The summed E-state index contributed by atoms with van der Waals surface area (Å²) in [5, 5.41) is 11.2. The number of ether oxygens (including phenoxy) is 1. The highest BCUT2D eigenvalue weighted by atomic mass is 35.5. The van der Waals surface area contributed by atoms with Gasteiger partial charge in [-0.1, -0.05) is 29.8 Å². The predicted molar refractivity (Wildman–Crippen MR) is 102 cm³/mol. The highest BCUT2D eigenvalue weighted by molar-refractivity contribution is 6.30. The molecule has 4 nitrogen and oxygen atoms in total. The minimum Gasteiger partial charge on any atom is -0.504 e. The number of hydrogen-bond donors (Lipinski definition) is 1. The number of halogens is 1. The quantitative estimate of drug-likeness (QED) is 0.741. The number of phenols is 1. The molecule has 0 saturated heterocycles. The van der Waals surface area contributed by atoms with Gasteiger partial charge in [-0.15, -0.1) is 0 Å². The van der Waals surface area contributed by atoms with Crippen molar-refractivity contribution in [1.29, 1.82) is 0 Å². The van der Waals surface area contributed by atoms with Gasteiger partial charge in [0.05, 0.1) is 5.69 Å². The van der Waals surface area contributed by atoms with Crippen molar-refractivity contribution in [3.63, 3.8) is 0 Å². The summed E-state index contributed by atoms with van der Waals surface area (Å²) in [6.07, 6.45) is 1.75. The molecule has 1 aromatic heterocycles. The summed E-state index contributed by atoms with van der Waals surface area (Å²) in [7, 11) is 0. The lowest BCUT2D eigenvalue weighted by molar-refractivity contribution is 0.217. The van der Waals surface area contributed by atoms with Gasteiger partial charge in [-0.05, 0) is 42.0 Å². The molecule has 0 saturated carbocycles. The third-order valence-electron chi connectivity index (χ3n) is 4.45. The molecule has 0 aliphatic carbocycles. The van der Waals surface area contributed by atoms with E-state index in [9.17, 15) is 5.11 Å². The van der Waals surface area contributed by atoms with Crippen molar-refractivity contribution in [2.45, 2.75) is 13.1 Å². The smallest absolute Gasteiger partial charge is 0.165 e. The van der Waals surface area contributed by atoms with Crippen LogP contribution in [0.25, 0.3) is 11.3 Å². The van der Waals surface area contributed by atoms with E-state index in [2.05, 4.69) is 16.0 Å². The molecule has 0 radical (unpaired) electrons. The molecule has 0 atom stereocenters. The van der Waals surface area contributed by atoms with E-state index in [4.69, 9.17) is 16.3 Å². The van der Waals surface area contributed by atoms with Gasteiger partial charge in [0.15, 0.2) is 11.5 Å². The van der Waals surface area contributed by atoms with Crippen molar-refractivity contribution in [2.24, 2.45) is 0 Å². The van der Waals surface area contributed by atoms with Crippen LogP contribution in [0.1, 0.15) is 11.1 Å². The summed E-state index contributed by atoms with van der Waals surface area (Å²) in [5.74, 6) is 0.728. The van der Waals surface area contributed by atoms with E-state index in [1.165, 1.54) is 0 Å². The second kappa shape index (κ2) is 7.36. The van der Waals surface area contributed by atoms with E-state index in [-0.39, 0.29) is 5.75 Å². The van der Waals surface area contributed by atoms with Crippen molar-refractivity contribution in [2.75, 3.05) is 13.2 Å². The molecular weight excluding hydrogens is 348 g/mol. The number of fused-ring (bicyclic) bond motifs is 1. The van der Waals surface area contributed by atoms with E-state index < -0.39 is 0 Å². The minimum absolute atomic E-state index is 0.160. The largest absolute Gasteiger partial charge is 0.504 e. The second-order valence-corrected chi connectivity index (χ2v) is 6.82. The number of nitrogens with zero attached hydrogens (tertiary/aromatic N) is 2. The van der Waals surface area contributed by atoms with Gasteiger partial charge in [0.25, 0.3) is 0 Å². The maximum atomic E-state index is 10.4. The SMILES string of the molecule is Oc1cc(-c2ccccn2)cc2c1OCCN(Cc1cccc(Cl)c1)C2. The molecule has 2 aromatic carbocycles. The normalized spacial score (nSPS) is 14.3. The van der Waals surface area contributed by atoms with Gasteiger partial charge in [0, 0.05) is 42.0 Å². The van der Waals surface area contributed by atoms with Crippen LogP contribution in [0.2, 0.25) is 5.02 Å². The molecule has 1 N–H and O–H groups in total. The summed E-state index contributed by atoms with van der Waals surface area (Å²) in [4.78, 5) is 6.67. The van der Waals surface area contributed by atoms with Crippen LogP contribution in [0, 0.1) is 0 Å². The first-order valence-electron chi connectivity index (χ1n) is 8.56. The van der Waals surface area contributed by atoms with Crippen molar-refractivity contribution in [3.8, 4) is 22.8 Å². The van der Waals surface area contributed by atoms with Crippen LogP contribution in [0.5, 0.6) is 11.5 Å².